The van der Waals surface area contributed by atoms with Crippen molar-refractivity contribution in [1.29, 1.82) is 0 Å². The number of nitrogens with two attached hydrogens (primary N) is 1. The fraction of sp³-hybridized carbons (Fsp3) is 0.364. The number of aliphatic hydroxyl groups excluding tert-OH is 1. The number of rotatable bonds is 5. The Morgan fingerprint density at radius 2 is 2.31 bits per heavy atom. The van der Waals surface area contributed by atoms with Crippen LogP contribution < -0.4 is 5.73 Å². The second kappa shape index (κ2) is 6.40. The first-order valence-corrected chi connectivity index (χ1v) is 6.00. The molecule has 0 radical (unpaired) electrons. The Kier molecular flexibility index (Phi) is 5.14. The van der Waals surface area contributed by atoms with E-state index >= 15 is 0 Å². The molecule has 0 saturated heterocycles. The maximum Gasteiger partial charge on any atom is 0.340 e. The third-order valence-corrected chi connectivity index (χ3v) is 3.05. The number of aliphatic hydroxyl groups is 1. The van der Waals surface area contributed by atoms with Crippen molar-refractivity contribution in [2.45, 2.75) is 5.75 Å². The Morgan fingerprint density at radius 3 is 2.94 bits per heavy atom. The molecule has 0 aliphatic carbocycles. The summed E-state index contributed by atoms with van der Waals surface area (Å²) in [6.45, 7) is 0.126. The second-order valence-corrected chi connectivity index (χ2v) is 4.25. The summed E-state index contributed by atoms with van der Waals surface area (Å²) in [6, 6.07) is 5.32. The van der Waals surface area contributed by atoms with Gasteiger partial charge < -0.3 is 15.6 Å². The number of methoxy groups -OCH3 is 1. The predicted octanol–water partition coefficient (Wildman–Crippen LogP) is 1.28. The van der Waals surface area contributed by atoms with E-state index in [4.69, 9.17) is 10.8 Å². The fourth-order valence-electron chi connectivity index (χ4n) is 1.34. The lowest BCUT2D eigenvalue weighted by molar-refractivity contribution is 0.0601. The molecule has 0 aliphatic heterocycles. The van der Waals surface area contributed by atoms with Crippen LogP contribution in [-0.4, -0.2) is 30.5 Å². The van der Waals surface area contributed by atoms with E-state index in [0.29, 0.717) is 22.8 Å². The minimum Gasteiger partial charge on any atom is -0.465 e. The fourth-order valence-corrected chi connectivity index (χ4v) is 2.07. The summed E-state index contributed by atoms with van der Waals surface area (Å²) in [4.78, 5) is 11.5. The van der Waals surface area contributed by atoms with Gasteiger partial charge in [-0.05, 0) is 11.6 Å². The molecule has 1 aromatic carbocycles. The molecular formula is C11H15NO3S. The first kappa shape index (κ1) is 12.9. The molecule has 0 amide bonds. The van der Waals surface area contributed by atoms with Gasteiger partial charge in [-0.2, -0.15) is 11.8 Å². The van der Waals surface area contributed by atoms with Gasteiger partial charge in [0.05, 0.1) is 19.3 Å². The zero-order valence-electron chi connectivity index (χ0n) is 9.10. The molecule has 16 heavy (non-hydrogen) atoms. The number of ether oxygens (including phenoxy) is 1. The summed E-state index contributed by atoms with van der Waals surface area (Å²) in [5.41, 5.74) is 7.43. The Balaban J connectivity index is 2.89. The normalized spacial score (nSPS) is 10.1. The van der Waals surface area contributed by atoms with E-state index in [1.165, 1.54) is 7.11 Å². The number of anilines is 1. The molecule has 0 spiro atoms. The van der Waals surface area contributed by atoms with Crippen LogP contribution in [0.5, 0.6) is 0 Å². The molecule has 0 saturated carbocycles. The molecule has 0 atom stereocenters. The van der Waals surface area contributed by atoms with E-state index < -0.39 is 5.97 Å². The molecule has 5 heteroatoms. The number of hydrogen-bond acceptors (Lipinski definition) is 5. The largest absolute Gasteiger partial charge is 0.465 e. The SMILES string of the molecule is COC(=O)c1c(N)cccc1CSCCO. The summed E-state index contributed by atoms with van der Waals surface area (Å²) in [5.74, 6) is 0.850. The highest BCUT2D eigenvalue weighted by atomic mass is 32.2. The van der Waals surface area contributed by atoms with Crippen molar-refractivity contribution in [3.63, 3.8) is 0 Å². The first-order valence-electron chi connectivity index (χ1n) is 4.85. The third kappa shape index (κ3) is 3.15. The summed E-state index contributed by atoms with van der Waals surface area (Å²) in [5, 5.41) is 8.69. The van der Waals surface area contributed by atoms with Crippen LogP contribution in [0.25, 0.3) is 0 Å². The average molecular weight is 241 g/mol. The molecule has 1 rings (SSSR count). The smallest absolute Gasteiger partial charge is 0.340 e. The van der Waals surface area contributed by atoms with Crippen molar-refractivity contribution < 1.29 is 14.6 Å². The Morgan fingerprint density at radius 1 is 1.56 bits per heavy atom. The number of esters is 1. The van der Waals surface area contributed by atoms with Crippen LogP contribution in [0.4, 0.5) is 5.69 Å². The van der Waals surface area contributed by atoms with Crippen molar-refractivity contribution in [2.24, 2.45) is 0 Å². The maximum atomic E-state index is 11.5. The summed E-state index contributed by atoms with van der Waals surface area (Å²) in [7, 11) is 1.33. The van der Waals surface area contributed by atoms with E-state index in [1.807, 2.05) is 6.07 Å². The van der Waals surface area contributed by atoms with Gasteiger partial charge in [0.15, 0.2) is 0 Å². The molecule has 0 unspecified atom stereocenters. The Hall–Kier alpha value is -1.20. The summed E-state index contributed by atoms with van der Waals surface area (Å²) in [6.07, 6.45) is 0. The molecule has 0 heterocycles. The Labute approximate surface area is 98.8 Å². The average Bonchev–Trinajstić information content (AvgIpc) is 2.29. The summed E-state index contributed by atoms with van der Waals surface area (Å²) >= 11 is 1.54. The van der Waals surface area contributed by atoms with Gasteiger partial charge in [-0.3, -0.25) is 0 Å². The van der Waals surface area contributed by atoms with E-state index in [9.17, 15) is 4.79 Å². The zero-order chi connectivity index (χ0) is 12.0. The quantitative estimate of drug-likeness (QED) is 0.461. The highest BCUT2D eigenvalue weighted by Crippen LogP contribution is 2.22. The van der Waals surface area contributed by atoms with E-state index in [1.54, 1.807) is 23.9 Å². The van der Waals surface area contributed by atoms with Crippen LogP contribution in [0.2, 0.25) is 0 Å². The lowest BCUT2D eigenvalue weighted by Gasteiger charge is -2.09. The number of benzene rings is 1. The molecule has 0 fully saturated rings. The van der Waals surface area contributed by atoms with Crippen LogP contribution in [0.15, 0.2) is 18.2 Å². The van der Waals surface area contributed by atoms with Gasteiger partial charge in [0, 0.05) is 17.2 Å². The topological polar surface area (TPSA) is 72.5 Å². The van der Waals surface area contributed by atoms with Gasteiger partial charge in [-0.1, -0.05) is 12.1 Å². The molecule has 0 aromatic heterocycles. The van der Waals surface area contributed by atoms with Crippen LogP contribution in [0.3, 0.4) is 0 Å². The summed E-state index contributed by atoms with van der Waals surface area (Å²) < 4.78 is 4.69. The van der Waals surface area contributed by atoms with Crippen molar-refractivity contribution >= 4 is 23.4 Å². The highest BCUT2D eigenvalue weighted by molar-refractivity contribution is 7.98. The van der Waals surface area contributed by atoms with Crippen LogP contribution in [0.1, 0.15) is 15.9 Å². The number of thioether (sulfide) groups is 1. The number of carbonyl (C=O) groups is 1. The molecule has 0 bridgehead atoms. The van der Waals surface area contributed by atoms with Gasteiger partial charge in [0.1, 0.15) is 0 Å². The predicted molar refractivity (Wildman–Crippen MR) is 65.4 cm³/mol. The van der Waals surface area contributed by atoms with Gasteiger partial charge in [-0.15, -0.1) is 0 Å². The molecule has 3 N–H and O–H groups in total. The number of hydrogen-bond donors (Lipinski definition) is 2. The van der Waals surface area contributed by atoms with Gasteiger partial charge in [0.25, 0.3) is 0 Å². The number of carbonyl (C=O) groups excluding carboxylic acids is 1. The second-order valence-electron chi connectivity index (χ2n) is 3.15. The van der Waals surface area contributed by atoms with E-state index in [0.717, 1.165) is 5.56 Å². The van der Waals surface area contributed by atoms with Crippen molar-refractivity contribution in [2.75, 3.05) is 25.2 Å². The third-order valence-electron chi connectivity index (χ3n) is 2.07. The molecule has 4 nitrogen and oxygen atoms in total. The molecule has 88 valence electrons. The zero-order valence-corrected chi connectivity index (χ0v) is 9.92. The highest BCUT2D eigenvalue weighted by Gasteiger charge is 2.14. The minimum absolute atomic E-state index is 0.126. The van der Waals surface area contributed by atoms with Gasteiger partial charge in [-0.25, -0.2) is 4.79 Å². The molecule has 1 aromatic rings. The molecule has 0 aliphatic rings. The van der Waals surface area contributed by atoms with Gasteiger partial charge >= 0.3 is 5.97 Å². The van der Waals surface area contributed by atoms with Crippen LogP contribution >= 0.6 is 11.8 Å². The first-order chi connectivity index (χ1) is 7.70. The number of nitrogen functional groups attached to an aromatic ring is 1. The minimum atomic E-state index is -0.419. The Bertz CT molecular complexity index is 368. The standard InChI is InChI=1S/C11H15NO3S/c1-15-11(14)10-8(7-16-6-5-13)3-2-4-9(10)12/h2-4,13H,5-7,12H2,1H3. The van der Waals surface area contributed by atoms with Crippen molar-refractivity contribution in [1.82, 2.24) is 0 Å². The van der Waals surface area contributed by atoms with Crippen molar-refractivity contribution in [3.05, 3.63) is 29.3 Å². The maximum absolute atomic E-state index is 11.5. The van der Waals surface area contributed by atoms with E-state index in [-0.39, 0.29) is 6.61 Å². The van der Waals surface area contributed by atoms with Crippen molar-refractivity contribution in [3.8, 4) is 0 Å². The van der Waals surface area contributed by atoms with Gasteiger partial charge in [0.2, 0.25) is 0 Å². The molecular weight excluding hydrogens is 226 g/mol. The lowest BCUT2D eigenvalue weighted by atomic mass is 10.1. The van der Waals surface area contributed by atoms with Crippen LogP contribution in [0, 0.1) is 0 Å². The monoisotopic (exact) mass is 241 g/mol. The van der Waals surface area contributed by atoms with Crippen LogP contribution in [-0.2, 0) is 10.5 Å². The van der Waals surface area contributed by atoms with E-state index in [2.05, 4.69) is 4.74 Å². The lowest BCUT2D eigenvalue weighted by Crippen LogP contribution is -2.09.